The van der Waals surface area contributed by atoms with Gasteiger partial charge in [0.15, 0.2) is 30.7 Å². The summed E-state index contributed by atoms with van der Waals surface area (Å²) in [5.74, 6) is -5.64. The van der Waals surface area contributed by atoms with E-state index in [1.807, 2.05) is 0 Å². The van der Waals surface area contributed by atoms with Gasteiger partial charge < -0.3 is 52.1 Å². The van der Waals surface area contributed by atoms with Gasteiger partial charge in [-0.1, -0.05) is 24.8 Å². The van der Waals surface area contributed by atoms with Crippen molar-refractivity contribution in [1.29, 1.82) is 0 Å². The van der Waals surface area contributed by atoms with Crippen molar-refractivity contribution in [1.82, 2.24) is 0 Å². The van der Waals surface area contributed by atoms with Crippen molar-refractivity contribution in [2.45, 2.75) is 110 Å². The summed E-state index contributed by atoms with van der Waals surface area (Å²) in [6.45, 7) is 10.1. The third kappa shape index (κ3) is 12.0. The lowest BCUT2D eigenvalue weighted by Crippen LogP contribution is -2.67. The van der Waals surface area contributed by atoms with E-state index in [0.29, 0.717) is 0 Å². The number of carbonyl (C=O) groups excluding carboxylic acids is 7. The van der Waals surface area contributed by atoms with Crippen molar-refractivity contribution in [3.05, 3.63) is 36.4 Å². The fraction of sp³-hybridized carbons (Fsp3) is 0.559. The summed E-state index contributed by atoms with van der Waals surface area (Å²) in [5.41, 5.74) is 0.761. The molecule has 2 saturated heterocycles. The third-order valence-electron chi connectivity index (χ3n) is 7.25. The van der Waals surface area contributed by atoms with Crippen LogP contribution in [0, 0.1) is 0 Å². The fourth-order valence-electron chi connectivity index (χ4n) is 5.38. The van der Waals surface area contributed by atoms with Gasteiger partial charge in [-0.15, -0.1) is 0 Å². The molecule has 0 aromatic heterocycles. The lowest BCUT2D eigenvalue weighted by molar-refractivity contribution is -0.354. The minimum Gasteiger partial charge on any atom is -0.463 e. The maximum atomic E-state index is 12.6. The number of benzene rings is 1. The van der Waals surface area contributed by atoms with Crippen LogP contribution in [-0.4, -0.2) is 116 Å². The van der Waals surface area contributed by atoms with E-state index in [1.54, 1.807) is 30.3 Å². The van der Waals surface area contributed by atoms with Gasteiger partial charge in [-0.05, 0) is 17.7 Å². The van der Waals surface area contributed by atoms with Crippen LogP contribution < -0.4 is 4.74 Å². The topological polar surface area (TPSA) is 221 Å². The van der Waals surface area contributed by atoms with Crippen molar-refractivity contribution in [2.75, 3.05) is 13.2 Å². The molecule has 0 bridgehead atoms. The Labute approximate surface area is 298 Å². The molecule has 0 amide bonds. The first-order valence-corrected chi connectivity index (χ1v) is 16.0. The van der Waals surface area contributed by atoms with Crippen LogP contribution in [0.2, 0.25) is 0 Å². The van der Waals surface area contributed by atoms with Crippen LogP contribution in [0.4, 0.5) is 0 Å². The van der Waals surface area contributed by atoms with Gasteiger partial charge >= 0.3 is 41.8 Å². The minimum atomic E-state index is -1.80. The van der Waals surface area contributed by atoms with E-state index < -0.39 is 116 Å². The molecule has 0 saturated carbocycles. The molecule has 18 nitrogen and oxygen atoms in total. The molecule has 2 aliphatic heterocycles. The highest BCUT2D eigenvalue weighted by Crippen LogP contribution is 2.36. The molecule has 0 aliphatic carbocycles. The first kappa shape index (κ1) is 41.4. The molecule has 1 aromatic rings. The Morgan fingerprint density at radius 1 is 0.538 bits per heavy atom. The maximum Gasteiger partial charge on any atom is 0.303 e. The van der Waals surface area contributed by atoms with E-state index in [-0.39, 0.29) is 5.75 Å². The van der Waals surface area contributed by atoms with E-state index in [9.17, 15) is 33.6 Å². The number of hydrogen-bond acceptors (Lipinski definition) is 18. The second-order valence-corrected chi connectivity index (χ2v) is 11.6. The lowest BCUT2D eigenvalue weighted by atomic mass is 9.96. The first-order valence-electron chi connectivity index (χ1n) is 16.0. The highest BCUT2D eigenvalue weighted by molar-refractivity contribution is 5.69. The molecule has 286 valence electrons. The molecule has 1 aromatic carbocycles. The SMILES string of the molecule is C=Cc1ccc(O[C@@H]2O[C@@H](COC(C)=O)[C@@H](O[C@H]3O[C@@H](COC(C)=O)[C@@H](OC(C)=O)[C@@H](OC(C)=O)[C@H]3OC(C)=O)[C@H](OC(C)=O)[C@@H]2OC(C)=O)cc1. The van der Waals surface area contributed by atoms with Gasteiger partial charge in [0.1, 0.15) is 37.3 Å². The fourth-order valence-corrected chi connectivity index (χ4v) is 5.38. The lowest BCUT2D eigenvalue weighted by Gasteiger charge is -2.48. The average Bonchev–Trinajstić information content (AvgIpc) is 3.03. The molecule has 2 fully saturated rings. The molecule has 2 aliphatic rings. The Morgan fingerprint density at radius 3 is 1.37 bits per heavy atom. The zero-order valence-corrected chi connectivity index (χ0v) is 29.6. The average molecular weight is 739 g/mol. The van der Waals surface area contributed by atoms with Gasteiger partial charge in [-0.2, -0.15) is 0 Å². The number of carbonyl (C=O) groups is 7. The molecule has 52 heavy (non-hydrogen) atoms. The highest BCUT2D eigenvalue weighted by Gasteiger charge is 2.58. The third-order valence-corrected chi connectivity index (χ3v) is 7.25. The van der Waals surface area contributed by atoms with Crippen LogP contribution in [0.15, 0.2) is 30.8 Å². The second kappa shape index (κ2) is 19.0. The van der Waals surface area contributed by atoms with Gasteiger partial charge in [0.05, 0.1) is 0 Å². The summed E-state index contributed by atoms with van der Waals surface area (Å²) in [6, 6.07) is 6.52. The van der Waals surface area contributed by atoms with Gasteiger partial charge in [0, 0.05) is 48.5 Å². The van der Waals surface area contributed by atoms with Gasteiger partial charge in [-0.25, -0.2) is 0 Å². The summed E-state index contributed by atoms with van der Waals surface area (Å²) in [5, 5.41) is 0. The van der Waals surface area contributed by atoms with Crippen LogP contribution in [-0.2, 0) is 80.9 Å². The van der Waals surface area contributed by atoms with E-state index in [4.69, 9.17) is 52.1 Å². The Kier molecular flexibility index (Phi) is 15.1. The van der Waals surface area contributed by atoms with Gasteiger partial charge in [0.25, 0.3) is 0 Å². The molecule has 0 N–H and O–H groups in total. The quantitative estimate of drug-likeness (QED) is 0.194. The summed E-state index contributed by atoms with van der Waals surface area (Å²) >= 11 is 0. The first-order chi connectivity index (χ1) is 24.5. The van der Waals surface area contributed by atoms with Crippen molar-refractivity contribution < 1.29 is 85.7 Å². The Morgan fingerprint density at radius 2 is 0.923 bits per heavy atom. The number of rotatable bonds is 14. The summed E-state index contributed by atoms with van der Waals surface area (Å²) in [6.07, 6.45) is -14.0. The Balaban J connectivity index is 2.16. The molecular weight excluding hydrogens is 696 g/mol. The van der Waals surface area contributed by atoms with Crippen molar-refractivity contribution in [3.8, 4) is 5.75 Å². The normalized spacial score (nSPS) is 28.2. The summed E-state index contributed by atoms with van der Waals surface area (Å²) in [4.78, 5) is 85.6. The van der Waals surface area contributed by atoms with Crippen LogP contribution >= 0.6 is 0 Å². The predicted octanol–water partition coefficient (Wildman–Crippen LogP) is 1.33. The molecule has 0 unspecified atom stereocenters. The molecule has 0 spiro atoms. The van der Waals surface area contributed by atoms with E-state index in [2.05, 4.69) is 6.58 Å². The van der Waals surface area contributed by atoms with Crippen molar-refractivity contribution in [2.24, 2.45) is 0 Å². The van der Waals surface area contributed by atoms with Crippen LogP contribution in [0.5, 0.6) is 5.75 Å². The molecule has 0 radical (unpaired) electrons. The number of esters is 7. The van der Waals surface area contributed by atoms with Crippen molar-refractivity contribution in [3.63, 3.8) is 0 Å². The van der Waals surface area contributed by atoms with Crippen LogP contribution in [0.1, 0.15) is 54.0 Å². The highest BCUT2D eigenvalue weighted by atomic mass is 16.8. The maximum absolute atomic E-state index is 12.6. The Hall–Kier alpha value is -5.07. The standard InChI is InChI=1S/C34H42O18/c1-9-23-10-12-24(13-11-23)49-33-31(47-21(7)40)30(46-20(6)39)28(26(50-33)15-43-17(3)36)52-34-32(48-22(8)41)29(45-19(5)38)27(44-18(4)37)25(51-34)14-42-16(2)35/h9-13,25-34H,1,14-15H2,2-8H3/t25-,26-,27+,28+,29+,30-,31-,32+,33+,34+/m0/s1. The smallest absolute Gasteiger partial charge is 0.303 e. The molecule has 3 rings (SSSR count). The summed E-state index contributed by atoms with van der Waals surface area (Å²) < 4.78 is 62.5. The largest absolute Gasteiger partial charge is 0.463 e. The molecule has 10 atom stereocenters. The van der Waals surface area contributed by atoms with E-state index in [1.165, 1.54) is 0 Å². The predicted molar refractivity (Wildman–Crippen MR) is 170 cm³/mol. The monoisotopic (exact) mass is 738 g/mol. The Bertz CT molecular complexity index is 1470. The van der Waals surface area contributed by atoms with Gasteiger partial charge in [0.2, 0.25) is 12.4 Å². The minimum absolute atomic E-state index is 0.236. The van der Waals surface area contributed by atoms with Crippen LogP contribution in [0.3, 0.4) is 0 Å². The second-order valence-electron chi connectivity index (χ2n) is 11.6. The van der Waals surface area contributed by atoms with Gasteiger partial charge in [-0.3, -0.25) is 33.6 Å². The van der Waals surface area contributed by atoms with E-state index >= 15 is 0 Å². The zero-order chi connectivity index (χ0) is 38.7. The molecule has 18 heteroatoms. The summed E-state index contributed by atoms with van der Waals surface area (Å²) in [7, 11) is 0. The van der Waals surface area contributed by atoms with E-state index in [0.717, 1.165) is 54.0 Å². The van der Waals surface area contributed by atoms with Crippen LogP contribution in [0.25, 0.3) is 6.08 Å². The number of hydrogen-bond donors (Lipinski definition) is 0. The molecular formula is C34H42O18. The number of ether oxygens (including phenoxy) is 11. The zero-order valence-electron chi connectivity index (χ0n) is 29.6. The van der Waals surface area contributed by atoms with Crippen molar-refractivity contribution >= 4 is 47.9 Å². The molecule has 2 heterocycles.